The van der Waals surface area contributed by atoms with Gasteiger partial charge in [-0.1, -0.05) is 123 Å². The maximum atomic E-state index is 11.3. The predicted molar refractivity (Wildman–Crippen MR) is 334 cm³/mol. The molecule has 0 fully saturated rings. The SMILES string of the molecule is C/C=C\C(C#N)=C/C.CC.Cc1nc(C)nc(-c2cc(-n3c4cc(-c5ccc(C#N)cc5)ccc4c4ccc(-c5ccc(C#N)cc5)cc43)c(-n3c4cc(-c5ccc(C#N)cc5)ccc4c4ccc(-c5ccc(C#N)cc5)cc43)cc2C#N)n1. The zero-order chi connectivity index (χ0) is 59.0. The van der Waals surface area contributed by atoms with Gasteiger partial charge in [0.1, 0.15) is 11.6 Å². The number of rotatable bonds is 8. The maximum absolute atomic E-state index is 11.3. The molecule has 0 aliphatic heterocycles. The predicted octanol–water partition coefficient (Wildman–Crippen LogP) is 17.4. The van der Waals surface area contributed by atoms with Gasteiger partial charge in [-0.2, -0.15) is 31.6 Å². The first kappa shape index (κ1) is 55.3. The molecular formula is C73H51N11. The number of benzene rings is 9. The van der Waals surface area contributed by atoms with Crippen LogP contribution in [0.3, 0.4) is 0 Å². The van der Waals surface area contributed by atoms with E-state index in [1.54, 1.807) is 12.2 Å². The summed E-state index contributed by atoms with van der Waals surface area (Å²) in [5.41, 5.74) is 16.3. The van der Waals surface area contributed by atoms with Gasteiger partial charge in [0.2, 0.25) is 0 Å². The topological polar surface area (TPSA) is 191 Å². The number of aromatic nitrogens is 5. The van der Waals surface area contributed by atoms with E-state index in [1.165, 1.54) is 0 Å². The molecule has 3 heterocycles. The van der Waals surface area contributed by atoms with E-state index in [9.17, 15) is 26.3 Å². The smallest absolute Gasteiger partial charge is 0.164 e. The number of nitriles is 6. The van der Waals surface area contributed by atoms with Crippen molar-refractivity contribution in [2.45, 2.75) is 41.5 Å². The van der Waals surface area contributed by atoms with Crippen LogP contribution in [0.4, 0.5) is 0 Å². The molecule has 12 rings (SSSR count). The summed E-state index contributed by atoms with van der Waals surface area (Å²) in [7, 11) is 0. The monoisotopic (exact) mass is 1080 g/mol. The lowest BCUT2D eigenvalue weighted by Crippen LogP contribution is -2.07. The molecule has 84 heavy (non-hydrogen) atoms. The Balaban J connectivity index is 0.000000727. The van der Waals surface area contributed by atoms with E-state index in [1.807, 2.05) is 163 Å². The molecule has 0 atom stereocenters. The molecule has 0 aliphatic carbocycles. The highest BCUT2D eigenvalue weighted by molar-refractivity contribution is 6.14. The molecule has 0 saturated heterocycles. The van der Waals surface area contributed by atoms with Crippen LogP contribution in [0.15, 0.2) is 206 Å². The van der Waals surface area contributed by atoms with Crippen LogP contribution < -0.4 is 0 Å². The highest BCUT2D eigenvalue weighted by atomic mass is 15.1. The van der Waals surface area contributed by atoms with Crippen molar-refractivity contribution >= 4 is 43.6 Å². The standard InChI is InChI=1S/C64H36N10.C7H9N.C2H6/c1-38-70-39(2)72-64(71-38)57-32-63(74-60-29-50(46-15-7-42(35-67)8-16-46)21-25-55(60)56-26-22-51(30-61(56)74)47-17-9-43(36-68)10-18-47)62(31-52(57)37-69)73-58-27-48(44-11-3-40(33-65)4-12-44)19-23-53(58)54-24-20-49(28-59(54)73)45-13-5-41(34-66)6-14-45;1-3-5-7(4-2)6-8;1-2/h3-32H,1-2H3;3-5H,1-2H3;1-2H3/b;5-3-,7-4+;. The van der Waals surface area contributed by atoms with Crippen LogP contribution in [-0.2, 0) is 0 Å². The second-order valence-corrected chi connectivity index (χ2v) is 19.5. The van der Waals surface area contributed by atoms with Gasteiger partial charge in [-0.05, 0) is 163 Å². The van der Waals surface area contributed by atoms with Gasteiger partial charge in [-0.15, -0.1) is 0 Å². The number of hydrogen-bond donors (Lipinski definition) is 0. The summed E-state index contributed by atoms with van der Waals surface area (Å²) >= 11 is 0. The minimum atomic E-state index is 0.354. The molecule has 398 valence electrons. The van der Waals surface area contributed by atoms with E-state index in [-0.39, 0.29) is 0 Å². The summed E-state index contributed by atoms with van der Waals surface area (Å²) in [4.78, 5) is 14.2. The fraction of sp³-hybridized carbons (Fsp3) is 0.0822. The van der Waals surface area contributed by atoms with E-state index < -0.39 is 0 Å². The summed E-state index contributed by atoms with van der Waals surface area (Å²) in [6.07, 6.45) is 5.40. The van der Waals surface area contributed by atoms with E-state index >= 15 is 0 Å². The van der Waals surface area contributed by atoms with Gasteiger partial charge in [0.25, 0.3) is 0 Å². The van der Waals surface area contributed by atoms with Crippen molar-refractivity contribution in [1.82, 2.24) is 24.1 Å². The van der Waals surface area contributed by atoms with Gasteiger partial charge in [0, 0.05) is 32.7 Å². The van der Waals surface area contributed by atoms with E-state index in [0.717, 1.165) is 93.8 Å². The number of nitrogens with zero attached hydrogens (tertiary/aromatic N) is 11. The van der Waals surface area contributed by atoms with Crippen molar-refractivity contribution in [3.05, 3.63) is 245 Å². The van der Waals surface area contributed by atoms with Crippen molar-refractivity contribution in [2.75, 3.05) is 0 Å². The van der Waals surface area contributed by atoms with Crippen molar-refractivity contribution in [2.24, 2.45) is 0 Å². The molecule has 0 unspecified atom stereocenters. The minimum absolute atomic E-state index is 0.354. The largest absolute Gasteiger partial charge is 0.307 e. The molecule has 0 amide bonds. The molecule has 11 nitrogen and oxygen atoms in total. The molecule has 0 saturated carbocycles. The molecular weight excluding hydrogens is 1030 g/mol. The number of aryl methyl sites for hydroxylation is 2. The van der Waals surface area contributed by atoms with Crippen LogP contribution in [0.2, 0.25) is 0 Å². The summed E-state index contributed by atoms with van der Waals surface area (Å²) < 4.78 is 4.50. The van der Waals surface area contributed by atoms with Gasteiger partial charge in [-0.25, -0.2) is 15.0 Å². The third kappa shape index (κ3) is 10.6. The first-order chi connectivity index (χ1) is 41.1. The van der Waals surface area contributed by atoms with Gasteiger partial charge in [0.15, 0.2) is 5.82 Å². The average Bonchev–Trinajstić information content (AvgIpc) is 3.04. The number of fused-ring (bicyclic) bond motifs is 6. The first-order valence-corrected chi connectivity index (χ1v) is 27.2. The molecule has 0 bridgehead atoms. The molecule has 11 heteroatoms. The van der Waals surface area contributed by atoms with Crippen molar-refractivity contribution in [3.8, 4) is 104 Å². The second kappa shape index (κ2) is 24.2. The zero-order valence-corrected chi connectivity index (χ0v) is 47.0. The highest BCUT2D eigenvalue weighted by Crippen LogP contribution is 2.44. The van der Waals surface area contributed by atoms with Gasteiger partial charge >= 0.3 is 0 Å². The Bertz CT molecular complexity index is 4630. The summed E-state index contributed by atoms with van der Waals surface area (Å²) in [5.74, 6) is 1.40. The molecule has 0 radical (unpaired) electrons. The van der Waals surface area contributed by atoms with Gasteiger partial charge < -0.3 is 9.13 Å². The molecule has 9 aromatic carbocycles. The molecule has 12 aromatic rings. The Kier molecular flexibility index (Phi) is 15.9. The van der Waals surface area contributed by atoms with Gasteiger partial charge in [-0.3, -0.25) is 0 Å². The highest BCUT2D eigenvalue weighted by Gasteiger charge is 2.25. The summed E-state index contributed by atoms with van der Waals surface area (Å²) in [5, 5.41) is 62.2. The molecule has 0 spiro atoms. The Morgan fingerprint density at radius 1 is 0.381 bits per heavy atom. The Hall–Kier alpha value is -12.0. The van der Waals surface area contributed by atoms with Crippen molar-refractivity contribution in [3.63, 3.8) is 0 Å². The van der Waals surface area contributed by atoms with Gasteiger partial charge in [0.05, 0.1) is 97.7 Å². The van der Waals surface area contributed by atoms with Crippen LogP contribution in [-0.4, -0.2) is 24.1 Å². The van der Waals surface area contributed by atoms with E-state index in [2.05, 4.69) is 117 Å². The Morgan fingerprint density at radius 2 is 0.690 bits per heavy atom. The Morgan fingerprint density at radius 3 is 0.952 bits per heavy atom. The third-order valence-electron chi connectivity index (χ3n) is 14.5. The van der Waals surface area contributed by atoms with Crippen molar-refractivity contribution < 1.29 is 0 Å². The molecule has 3 aromatic heterocycles. The van der Waals surface area contributed by atoms with Crippen LogP contribution >= 0.6 is 0 Å². The first-order valence-electron chi connectivity index (χ1n) is 27.2. The fourth-order valence-corrected chi connectivity index (χ4v) is 10.5. The second-order valence-electron chi connectivity index (χ2n) is 19.5. The van der Waals surface area contributed by atoms with E-state index in [0.29, 0.717) is 62.1 Å². The minimum Gasteiger partial charge on any atom is -0.307 e. The van der Waals surface area contributed by atoms with Crippen molar-refractivity contribution in [1.29, 1.82) is 31.6 Å². The summed E-state index contributed by atoms with van der Waals surface area (Å²) in [6.45, 7) is 11.4. The fourth-order valence-electron chi connectivity index (χ4n) is 10.5. The van der Waals surface area contributed by atoms with Crippen LogP contribution in [0.25, 0.3) is 111 Å². The van der Waals surface area contributed by atoms with Crippen LogP contribution in [0.1, 0.15) is 67.2 Å². The summed E-state index contributed by atoms with van der Waals surface area (Å²) in [6, 6.07) is 73.3. The zero-order valence-electron chi connectivity index (χ0n) is 47.0. The lowest BCUT2D eigenvalue weighted by molar-refractivity contribution is 0.927. The van der Waals surface area contributed by atoms with E-state index in [4.69, 9.17) is 15.2 Å². The average molecular weight is 1080 g/mol. The molecule has 0 aliphatic rings. The number of hydrogen-bond acceptors (Lipinski definition) is 9. The van der Waals surface area contributed by atoms with Crippen LogP contribution in [0.5, 0.6) is 0 Å². The normalized spacial score (nSPS) is 10.9. The Labute approximate surface area is 487 Å². The van der Waals surface area contributed by atoms with Crippen LogP contribution in [0, 0.1) is 81.8 Å². The lowest BCUT2D eigenvalue weighted by Gasteiger charge is -2.20. The number of allylic oxidation sites excluding steroid dienone is 4. The third-order valence-corrected chi connectivity index (χ3v) is 14.5. The lowest BCUT2D eigenvalue weighted by atomic mass is 10.0. The maximum Gasteiger partial charge on any atom is 0.164 e. The quantitative estimate of drug-likeness (QED) is 0.105. The molecule has 0 N–H and O–H groups in total.